The molecule has 8 heteroatoms. The van der Waals surface area contributed by atoms with Crippen LogP contribution >= 0.6 is 0 Å². The predicted molar refractivity (Wildman–Crippen MR) is 173 cm³/mol. The molecule has 0 aliphatic heterocycles. The molecule has 0 radical (unpaired) electrons. The van der Waals surface area contributed by atoms with Crippen LogP contribution < -0.4 is 5.32 Å². The van der Waals surface area contributed by atoms with Crippen LogP contribution in [-0.2, 0) is 21.3 Å². The number of nitrogens with zero attached hydrogens (tertiary/aromatic N) is 2. The highest BCUT2D eigenvalue weighted by molar-refractivity contribution is 7.89. The first-order valence-electron chi connectivity index (χ1n) is 14.2. The average Bonchev–Trinajstić information content (AvgIpc) is 3.02. The Balaban J connectivity index is 1.69. The van der Waals surface area contributed by atoms with Crippen LogP contribution in [0.2, 0.25) is 0 Å². The molecule has 0 saturated heterocycles. The van der Waals surface area contributed by atoms with Crippen LogP contribution in [0.25, 0.3) is 11.1 Å². The normalized spacial score (nSPS) is 11.3. The predicted octanol–water partition coefficient (Wildman–Crippen LogP) is 6.85. The van der Waals surface area contributed by atoms with Crippen LogP contribution in [0, 0.1) is 23.2 Å². The van der Waals surface area contributed by atoms with E-state index in [4.69, 9.17) is 10.00 Å². The average molecular weight is 606 g/mol. The standard InChI is InChI=1S/C36H35N3O4S/c1-5-43-35(40)31-19-16-28(17-20-31)26-39(36(2,3)4)44(41,42)34-24-27(18-21-33(34)30-13-7-6-8-14-30)12-10-22-38-32-15-9-11-29(23-32)25-37/h6-9,11,13-21,23-24,38H,5,22,26H2,1-4H3. The number of rotatable bonds is 9. The number of ether oxygens (including phenoxy) is 1. The van der Waals surface area contributed by atoms with E-state index in [1.165, 1.54) is 4.31 Å². The zero-order chi connectivity index (χ0) is 31.7. The highest BCUT2D eigenvalue weighted by atomic mass is 32.2. The van der Waals surface area contributed by atoms with Crippen molar-refractivity contribution in [3.8, 4) is 29.0 Å². The Morgan fingerprint density at radius 3 is 2.30 bits per heavy atom. The number of anilines is 1. The number of nitrogens with one attached hydrogen (secondary N) is 1. The Kier molecular flexibility index (Phi) is 10.2. The molecule has 0 fully saturated rings. The largest absolute Gasteiger partial charge is 0.462 e. The first-order chi connectivity index (χ1) is 21.0. The third-order valence-corrected chi connectivity index (χ3v) is 8.93. The molecule has 1 N–H and O–H groups in total. The van der Waals surface area contributed by atoms with Crippen molar-refractivity contribution in [1.82, 2.24) is 4.31 Å². The smallest absolute Gasteiger partial charge is 0.338 e. The second kappa shape index (κ2) is 14.1. The molecule has 0 aromatic heterocycles. The fraction of sp³-hybridized carbons (Fsp3) is 0.222. The Morgan fingerprint density at radius 2 is 1.64 bits per heavy atom. The lowest BCUT2D eigenvalue weighted by atomic mass is 10.0. The Labute approximate surface area is 260 Å². The van der Waals surface area contributed by atoms with Gasteiger partial charge in [0.25, 0.3) is 0 Å². The van der Waals surface area contributed by atoms with Gasteiger partial charge in [-0.1, -0.05) is 66.4 Å². The van der Waals surface area contributed by atoms with Crippen molar-refractivity contribution in [1.29, 1.82) is 5.26 Å². The van der Waals surface area contributed by atoms with Crippen molar-refractivity contribution in [3.05, 3.63) is 119 Å². The minimum atomic E-state index is -4.05. The van der Waals surface area contributed by atoms with Gasteiger partial charge in [-0.15, -0.1) is 0 Å². The number of benzene rings is 4. The lowest BCUT2D eigenvalue weighted by molar-refractivity contribution is 0.0526. The molecule has 0 aliphatic rings. The molecule has 4 aromatic rings. The summed E-state index contributed by atoms with van der Waals surface area (Å²) in [5.41, 5.74) is 3.61. The molecule has 0 amide bonds. The van der Waals surface area contributed by atoms with Crippen LogP contribution in [0.1, 0.15) is 54.7 Å². The molecule has 224 valence electrons. The second-order valence-electron chi connectivity index (χ2n) is 11.0. The van der Waals surface area contributed by atoms with E-state index in [-0.39, 0.29) is 18.0 Å². The van der Waals surface area contributed by atoms with E-state index in [1.807, 2.05) is 63.2 Å². The van der Waals surface area contributed by atoms with E-state index in [9.17, 15) is 13.2 Å². The third kappa shape index (κ3) is 7.93. The van der Waals surface area contributed by atoms with Crippen LogP contribution in [-0.4, -0.2) is 37.4 Å². The highest BCUT2D eigenvalue weighted by Gasteiger charge is 2.36. The summed E-state index contributed by atoms with van der Waals surface area (Å²) < 4.78 is 35.6. The van der Waals surface area contributed by atoms with Gasteiger partial charge in [-0.2, -0.15) is 9.57 Å². The first-order valence-corrected chi connectivity index (χ1v) is 15.7. The molecule has 0 atom stereocenters. The topological polar surface area (TPSA) is 99.5 Å². The van der Waals surface area contributed by atoms with Crippen LogP contribution in [0.5, 0.6) is 0 Å². The van der Waals surface area contributed by atoms with Crippen LogP contribution in [0.4, 0.5) is 5.69 Å². The van der Waals surface area contributed by atoms with Crippen molar-refractivity contribution in [3.63, 3.8) is 0 Å². The molecule has 0 heterocycles. The molecule has 4 aromatic carbocycles. The number of carbonyl (C=O) groups is 1. The van der Waals surface area contributed by atoms with Gasteiger partial charge in [0, 0.05) is 28.9 Å². The maximum atomic E-state index is 14.5. The summed E-state index contributed by atoms with van der Waals surface area (Å²) >= 11 is 0. The molecular formula is C36H35N3O4S. The molecular weight excluding hydrogens is 570 g/mol. The number of esters is 1. The maximum absolute atomic E-state index is 14.5. The van der Waals surface area contributed by atoms with Crippen molar-refractivity contribution in [2.24, 2.45) is 0 Å². The van der Waals surface area contributed by atoms with Gasteiger partial charge in [0.15, 0.2) is 0 Å². The van der Waals surface area contributed by atoms with Gasteiger partial charge in [0.2, 0.25) is 10.0 Å². The van der Waals surface area contributed by atoms with E-state index < -0.39 is 21.5 Å². The van der Waals surface area contributed by atoms with Gasteiger partial charge in [0.1, 0.15) is 0 Å². The number of carbonyl (C=O) groups excluding carboxylic acids is 1. The fourth-order valence-corrected chi connectivity index (χ4v) is 6.61. The zero-order valence-electron chi connectivity index (χ0n) is 25.3. The summed E-state index contributed by atoms with van der Waals surface area (Å²) in [7, 11) is -4.05. The van der Waals surface area contributed by atoms with Gasteiger partial charge >= 0.3 is 5.97 Å². The lowest BCUT2D eigenvalue weighted by Gasteiger charge is -2.35. The van der Waals surface area contributed by atoms with Gasteiger partial charge in [-0.3, -0.25) is 0 Å². The number of sulfonamides is 1. The monoisotopic (exact) mass is 605 g/mol. The maximum Gasteiger partial charge on any atom is 0.338 e. The van der Waals surface area contributed by atoms with Crippen LogP contribution in [0.15, 0.2) is 102 Å². The Morgan fingerprint density at radius 1 is 0.909 bits per heavy atom. The van der Waals surface area contributed by atoms with E-state index in [1.54, 1.807) is 61.5 Å². The molecule has 0 aliphatic carbocycles. The summed E-state index contributed by atoms with van der Waals surface area (Å²) in [5.74, 6) is 5.72. The fourth-order valence-electron chi connectivity index (χ4n) is 4.59. The van der Waals surface area contributed by atoms with Crippen molar-refractivity contribution in [2.75, 3.05) is 18.5 Å². The van der Waals surface area contributed by atoms with Gasteiger partial charge < -0.3 is 10.1 Å². The lowest BCUT2D eigenvalue weighted by Crippen LogP contribution is -2.45. The number of hydrogen-bond acceptors (Lipinski definition) is 6. The molecule has 4 rings (SSSR count). The van der Waals surface area contributed by atoms with Crippen molar-refractivity contribution in [2.45, 2.75) is 44.7 Å². The minimum absolute atomic E-state index is 0.102. The molecule has 7 nitrogen and oxygen atoms in total. The SMILES string of the molecule is CCOC(=O)c1ccc(CN(C(C)(C)C)S(=O)(=O)c2cc(C#CCNc3cccc(C#N)c3)ccc2-c2ccccc2)cc1. The van der Waals surface area contributed by atoms with Crippen LogP contribution in [0.3, 0.4) is 0 Å². The van der Waals surface area contributed by atoms with Crippen molar-refractivity contribution >= 4 is 21.7 Å². The zero-order valence-corrected chi connectivity index (χ0v) is 26.1. The van der Waals surface area contributed by atoms with E-state index in [0.717, 1.165) is 16.8 Å². The summed E-state index contributed by atoms with van der Waals surface area (Å²) in [6, 6.07) is 30.7. The molecule has 0 unspecified atom stereocenters. The molecule has 44 heavy (non-hydrogen) atoms. The Hall–Kier alpha value is -4.89. The summed E-state index contributed by atoms with van der Waals surface area (Å²) in [4.78, 5) is 12.3. The number of hydrogen-bond donors (Lipinski definition) is 1. The summed E-state index contributed by atoms with van der Waals surface area (Å²) in [6.45, 7) is 8.01. The molecule has 0 spiro atoms. The van der Waals surface area contributed by atoms with Gasteiger partial charge in [0.05, 0.1) is 35.2 Å². The highest BCUT2D eigenvalue weighted by Crippen LogP contribution is 2.34. The molecule has 0 bridgehead atoms. The Bertz CT molecular complexity index is 1830. The minimum Gasteiger partial charge on any atom is -0.462 e. The van der Waals surface area contributed by atoms with Crippen molar-refractivity contribution < 1.29 is 17.9 Å². The van der Waals surface area contributed by atoms with Gasteiger partial charge in [-0.25, -0.2) is 13.2 Å². The third-order valence-electron chi connectivity index (χ3n) is 6.78. The summed E-state index contributed by atoms with van der Waals surface area (Å²) in [5, 5.41) is 12.3. The van der Waals surface area contributed by atoms with Gasteiger partial charge in [-0.05, 0) is 81.3 Å². The van der Waals surface area contributed by atoms with E-state index in [0.29, 0.717) is 28.8 Å². The van der Waals surface area contributed by atoms with E-state index >= 15 is 0 Å². The molecule has 0 saturated carbocycles. The summed E-state index contributed by atoms with van der Waals surface area (Å²) in [6.07, 6.45) is 0. The number of nitriles is 1. The van der Waals surface area contributed by atoms with E-state index in [2.05, 4.69) is 23.2 Å². The second-order valence-corrected chi connectivity index (χ2v) is 12.9. The first kappa shape index (κ1) is 32.0. The quantitative estimate of drug-likeness (QED) is 0.165.